The number of likely N-dealkylation sites (N-methyl/N-ethyl adjacent to an activating group) is 1. The van der Waals surface area contributed by atoms with Gasteiger partial charge in [0.1, 0.15) is 24.4 Å². The van der Waals surface area contributed by atoms with Gasteiger partial charge in [-0.2, -0.15) is 0 Å². The second-order valence-corrected chi connectivity index (χ2v) is 16.6. The van der Waals surface area contributed by atoms with E-state index >= 15 is 0 Å². The topological polar surface area (TPSA) is 128 Å². The minimum absolute atomic E-state index is 0.00192. The molecular formula is C43H65NO11. The Balaban J connectivity index is 1.22. The van der Waals surface area contributed by atoms with Crippen LogP contribution in [-0.2, 0) is 52.3 Å². The predicted octanol–water partition coefficient (Wildman–Crippen LogP) is 5.57. The number of amides is 1. The van der Waals surface area contributed by atoms with Gasteiger partial charge in [0.25, 0.3) is 0 Å². The average molecular weight is 772 g/mol. The fraction of sp³-hybridized carbons (Fsp3) is 0.791. The third kappa shape index (κ3) is 9.16. The molecule has 1 saturated carbocycles. The fourth-order valence-electron chi connectivity index (χ4n) is 10.4. The van der Waals surface area contributed by atoms with Gasteiger partial charge >= 0.3 is 5.97 Å². The summed E-state index contributed by atoms with van der Waals surface area (Å²) in [5.41, 5.74) is 0.715. The Bertz CT molecular complexity index is 1420. The highest BCUT2D eigenvalue weighted by atomic mass is 16.7. The Morgan fingerprint density at radius 2 is 1.64 bits per heavy atom. The molecule has 1 amide bonds. The van der Waals surface area contributed by atoms with E-state index in [4.69, 9.17) is 37.9 Å². The van der Waals surface area contributed by atoms with Crippen molar-refractivity contribution in [2.45, 2.75) is 153 Å². The van der Waals surface area contributed by atoms with Crippen molar-refractivity contribution in [3.05, 3.63) is 36.0 Å². The third-order valence-electron chi connectivity index (χ3n) is 13.4. The van der Waals surface area contributed by atoms with Gasteiger partial charge in [-0.05, 0) is 94.1 Å². The zero-order chi connectivity index (χ0) is 39.4. The van der Waals surface area contributed by atoms with Crippen LogP contribution in [0, 0.1) is 35.5 Å². The molecule has 0 spiro atoms. The molecule has 6 aliphatic rings. The molecule has 3 saturated heterocycles. The van der Waals surface area contributed by atoms with Crippen molar-refractivity contribution >= 4 is 18.2 Å². The monoisotopic (exact) mass is 771 g/mol. The minimum atomic E-state index is -0.616. The molecule has 12 nitrogen and oxygen atoms in total. The van der Waals surface area contributed by atoms with Crippen LogP contribution in [0.25, 0.3) is 0 Å². The lowest BCUT2D eigenvalue weighted by Crippen LogP contribution is -2.59. The number of carbonyl (C=O) groups excluding carboxylic acids is 3. The van der Waals surface area contributed by atoms with Crippen LogP contribution in [0.1, 0.15) is 85.5 Å². The highest BCUT2D eigenvalue weighted by Crippen LogP contribution is 2.54. The van der Waals surface area contributed by atoms with Gasteiger partial charge in [0.05, 0.1) is 36.9 Å². The molecule has 12 heteroatoms. The number of ether oxygens (including phenoxy) is 8. The van der Waals surface area contributed by atoms with E-state index in [1.807, 2.05) is 32.9 Å². The van der Waals surface area contributed by atoms with Crippen LogP contribution in [0.15, 0.2) is 36.0 Å². The van der Waals surface area contributed by atoms with Crippen LogP contribution >= 0.6 is 0 Å². The van der Waals surface area contributed by atoms with Crippen molar-refractivity contribution in [1.29, 1.82) is 0 Å². The van der Waals surface area contributed by atoms with E-state index in [9.17, 15) is 14.4 Å². The summed E-state index contributed by atoms with van der Waals surface area (Å²) in [6.45, 7) is 7.97. The minimum Gasteiger partial charge on any atom is -0.458 e. The number of fused-ring (bicyclic) bond motifs is 5. The maximum absolute atomic E-state index is 14.7. The van der Waals surface area contributed by atoms with Crippen molar-refractivity contribution in [3.63, 3.8) is 0 Å². The smallest absolute Gasteiger partial charge is 0.307 e. The fourth-order valence-corrected chi connectivity index (χ4v) is 10.4. The van der Waals surface area contributed by atoms with Crippen LogP contribution in [-0.4, -0.2) is 119 Å². The number of ketones is 1. The van der Waals surface area contributed by atoms with Crippen LogP contribution in [0.3, 0.4) is 0 Å². The van der Waals surface area contributed by atoms with Gasteiger partial charge in [0.15, 0.2) is 18.4 Å². The predicted molar refractivity (Wildman–Crippen MR) is 204 cm³/mol. The van der Waals surface area contributed by atoms with Gasteiger partial charge in [-0.25, -0.2) is 0 Å². The lowest BCUT2D eigenvalue weighted by atomic mass is 9.70. The molecule has 6 unspecified atom stereocenters. The summed E-state index contributed by atoms with van der Waals surface area (Å²) in [5.74, 6) is -0.385. The normalized spacial score (nSPS) is 43.8. The Labute approximate surface area is 327 Å². The molecule has 0 radical (unpaired) electrons. The first kappa shape index (κ1) is 42.2. The molecule has 308 valence electrons. The van der Waals surface area contributed by atoms with Crippen molar-refractivity contribution in [2.75, 3.05) is 28.4 Å². The van der Waals surface area contributed by atoms with Crippen molar-refractivity contribution in [3.8, 4) is 0 Å². The number of hydrogen-bond donors (Lipinski definition) is 0. The summed E-state index contributed by atoms with van der Waals surface area (Å²) in [6, 6.07) is -0.0239. The second kappa shape index (κ2) is 18.9. The SMILES string of the molecule is CC/C=C/C1CCC[C@H](O[C@H]2CC[C@H](N(C)C=O)[C@@H](C)O2)[C@@H](C)C(=O)C2=CC3C(C=CC4C[C@@H](O[C@@H]5O[C@@H](C)[C@H](OC)[C@@H](OC)[C@H]5OC)CC43)C2CC(=O)O1. The maximum atomic E-state index is 14.7. The first-order valence-corrected chi connectivity index (χ1v) is 20.7. The van der Waals surface area contributed by atoms with E-state index < -0.39 is 24.6 Å². The molecule has 3 aliphatic heterocycles. The Kier molecular flexibility index (Phi) is 14.5. The van der Waals surface area contributed by atoms with Crippen LogP contribution < -0.4 is 0 Å². The number of rotatable bonds is 11. The summed E-state index contributed by atoms with van der Waals surface area (Å²) in [5, 5.41) is 0. The van der Waals surface area contributed by atoms with Gasteiger partial charge < -0.3 is 42.8 Å². The molecule has 3 heterocycles. The van der Waals surface area contributed by atoms with Gasteiger partial charge in [0.2, 0.25) is 6.41 Å². The lowest BCUT2D eigenvalue weighted by molar-refractivity contribution is -0.314. The van der Waals surface area contributed by atoms with E-state index in [2.05, 4.69) is 25.2 Å². The first-order valence-electron chi connectivity index (χ1n) is 20.7. The molecule has 0 bridgehead atoms. The zero-order valence-electron chi connectivity index (χ0n) is 34.1. The molecule has 0 aromatic carbocycles. The summed E-state index contributed by atoms with van der Waals surface area (Å²) in [4.78, 5) is 41.5. The molecule has 0 N–H and O–H groups in total. The molecule has 3 aliphatic carbocycles. The number of hydrogen-bond acceptors (Lipinski definition) is 11. The van der Waals surface area contributed by atoms with Gasteiger partial charge in [-0.3, -0.25) is 14.4 Å². The molecule has 55 heavy (non-hydrogen) atoms. The molecule has 0 aromatic rings. The highest BCUT2D eigenvalue weighted by Gasteiger charge is 2.52. The van der Waals surface area contributed by atoms with Gasteiger partial charge in [-0.15, -0.1) is 0 Å². The Morgan fingerprint density at radius 1 is 0.873 bits per heavy atom. The number of cyclic esters (lactones) is 1. The Morgan fingerprint density at radius 3 is 2.33 bits per heavy atom. The summed E-state index contributed by atoms with van der Waals surface area (Å²) in [6.07, 6.45) is 14.2. The Hall–Kier alpha value is -2.45. The van der Waals surface area contributed by atoms with Gasteiger partial charge in [0, 0.05) is 46.6 Å². The van der Waals surface area contributed by atoms with Crippen molar-refractivity contribution in [2.24, 2.45) is 35.5 Å². The second-order valence-electron chi connectivity index (χ2n) is 16.6. The standard InChI is InChI=1S/C43H65NO11/c1-9-10-12-28-13-11-14-36(55-38-18-17-35(25(3)51-38)44(5)23-45)24(2)39(47)34-21-32-30(33(34)22-37(46)53-28)16-15-27-19-29(20-31(27)32)54-43-42(50-8)41(49-7)40(48-6)26(4)52-43/h10,12,15-16,21,23-33,35-36,38,40-43H,9,11,13-14,17-20,22H2,1-8H3/b12-10+/t24-,25-,26+,27?,28?,29-,30?,31?,32?,33?,35+,36+,38+,40+,41-,42-,43+/m1/s1. The summed E-state index contributed by atoms with van der Waals surface area (Å²) < 4.78 is 49.5. The largest absolute Gasteiger partial charge is 0.458 e. The van der Waals surface area contributed by atoms with Crippen LogP contribution in [0.4, 0.5) is 0 Å². The van der Waals surface area contributed by atoms with E-state index in [1.165, 1.54) is 0 Å². The van der Waals surface area contributed by atoms with Gasteiger partial charge in [-0.1, -0.05) is 38.2 Å². The van der Waals surface area contributed by atoms with E-state index in [0.29, 0.717) is 24.8 Å². The third-order valence-corrected chi connectivity index (χ3v) is 13.4. The quantitative estimate of drug-likeness (QED) is 0.149. The van der Waals surface area contributed by atoms with Crippen molar-refractivity contribution < 1.29 is 52.3 Å². The number of allylic oxidation sites excluding steroid dienone is 5. The van der Waals surface area contributed by atoms with Crippen molar-refractivity contribution in [1.82, 2.24) is 4.90 Å². The molecule has 6 rings (SSSR count). The number of nitrogens with zero attached hydrogens (tertiary/aromatic N) is 1. The number of methoxy groups -OCH3 is 3. The maximum Gasteiger partial charge on any atom is 0.307 e. The average Bonchev–Trinajstić information content (AvgIpc) is 3.75. The first-order chi connectivity index (χ1) is 26.5. The highest BCUT2D eigenvalue weighted by molar-refractivity contribution is 5.99. The van der Waals surface area contributed by atoms with Crippen LogP contribution in [0.5, 0.6) is 0 Å². The molecule has 4 fully saturated rings. The van der Waals surface area contributed by atoms with E-state index in [1.54, 1.807) is 33.3 Å². The molecule has 17 atom stereocenters. The summed E-state index contributed by atoms with van der Waals surface area (Å²) in [7, 11) is 6.72. The number of esters is 1. The van der Waals surface area contributed by atoms with Crippen LogP contribution in [0.2, 0.25) is 0 Å². The molecular weight excluding hydrogens is 706 g/mol. The van der Waals surface area contributed by atoms with E-state index in [0.717, 1.165) is 38.5 Å². The molecule has 0 aromatic heterocycles. The number of carbonyl (C=O) groups is 3. The zero-order valence-corrected chi connectivity index (χ0v) is 34.1. The summed E-state index contributed by atoms with van der Waals surface area (Å²) >= 11 is 0. The van der Waals surface area contributed by atoms with E-state index in [-0.39, 0.29) is 96.5 Å². The lowest BCUT2D eigenvalue weighted by Gasteiger charge is -2.44. The number of Topliss-reactive ketones (excluding diaryl/α,β-unsaturated/α-hetero) is 1.